The van der Waals surface area contributed by atoms with Crippen molar-refractivity contribution >= 4 is 11.8 Å². The summed E-state index contributed by atoms with van der Waals surface area (Å²) in [4.78, 5) is 28.6. The Morgan fingerprint density at radius 3 is 2.55 bits per heavy atom. The second kappa shape index (κ2) is 10.8. The molecule has 178 valence electrons. The zero-order valence-corrected chi connectivity index (χ0v) is 18.0. The third-order valence-electron chi connectivity index (χ3n) is 5.23. The number of benzene rings is 2. The van der Waals surface area contributed by atoms with Gasteiger partial charge in [-0.15, -0.1) is 0 Å². The van der Waals surface area contributed by atoms with Crippen LogP contribution in [0.3, 0.4) is 0 Å². The second-order valence-electron chi connectivity index (χ2n) is 7.57. The van der Waals surface area contributed by atoms with Crippen LogP contribution in [-0.4, -0.2) is 74.2 Å². The Labute approximate surface area is 188 Å². The van der Waals surface area contributed by atoms with Crippen LogP contribution in [0.5, 0.6) is 0 Å². The summed E-state index contributed by atoms with van der Waals surface area (Å²) in [6.45, 7) is 1.13. The van der Waals surface area contributed by atoms with E-state index in [1.54, 1.807) is 0 Å². The van der Waals surface area contributed by atoms with Crippen LogP contribution in [0.2, 0.25) is 0 Å². The van der Waals surface area contributed by atoms with Crippen molar-refractivity contribution in [2.24, 2.45) is 0 Å². The highest BCUT2D eigenvalue weighted by Gasteiger charge is 2.32. The van der Waals surface area contributed by atoms with E-state index in [-0.39, 0.29) is 50.9 Å². The van der Waals surface area contributed by atoms with Crippen LogP contribution in [0.4, 0.5) is 17.6 Å². The molecule has 3 rings (SSSR count). The van der Waals surface area contributed by atoms with Crippen molar-refractivity contribution in [3.63, 3.8) is 0 Å². The van der Waals surface area contributed by atoms with Crippen LogP contribution in [0.1, 0.15) is 26.3 Å². The number of amides is 2. The number of carbonyl (C=O) groups excluding carboxylic acids is 2. The van der Waals surface area contributed by atoms with Crippen molar-refractivity contribution in [2.75, 3.05) is 46.5 Å². The second-order valence-corrected chi connectivity index (χ2v) is 7.57. The van der Waals surface area contributed by atoms with E-state index in [1.165, 1.54) is 53.3 Å². The molecule has 1 aliphatic heterocycles. The number of hydrogen-bond donors (Lipinski definition) is 0. The van der Waals surface area contributed by atoms with Gasteiger partial charge in [0.05, 0.1) is 24.9 Å². The zero-order valence-electron chi connectivity index (χ0n) is 18.0. The lowest BCUT2D eigenvalue weighted by atomic mass is 10.1. The van der Waals surface area contributed by atoms with Crippen molar-refractivity contribution in [1.82, 2.24) is 9.80 Å². The molecule has 1 heterocycles. The SMILES string of the molecule is COCCN(CC1CN(C(=O)c2cccc(C(F)(F)F)c2)CCO1)C(=O)c1ccc(F)cc1. The summed E-state index contributed by atoms with van der Waals surface area (Å²) >= 11 is 0. The average Bonchev–Trinajstić information content (AvgIpc) is 2.81. The lowest BCUT2D eigenvalue weighted by molar-refractivity contribution is -0.137. The molecule has 6 nitrogen and oxygen atoms in total. The molecule has 1 unspecified atom stereocenters. The van der Waals surface area contributed by atoms with Gasteiger partial charge >= 0.3 is 6.18 Å². The molecule has 0 N–H and O–H groups in total. The van der Waals surface area contributed by atoms with E-state index < -0.39 is 29.6 Å². The van der Waals surface area contributed by atoms with Gasteiger partial charge in [0, 0.05) is 44.4 Å². The van der Waals surface area contributed by atoms with Crippen molar-refractivity contribution in [3.05, 3.63) is 71.0 Å². The third kappa shape index (κ3) is 6.52. The molecular weight excluding hydrogens is 444 g/mol. The summed E-state index contributed by atoms with van der Waals surface area (Å²) in [5.74, 6) is -1.35. The zero-order chi connectivity index (χ0) is 24.0. The first-order valence-corrected chi connectivity index (χ1v) is 10.3. The molecule has 2 aromatic carbocycles. The Bertz CT molecular complexity index is 966. The van der Waals surface area contributed by atoms with Gasteiger partial charge in [-0.3, -0.25) is 9.59 Å². The van der Waals surface area contributed by atoms with Crippen LogP contribution >= 0.6 is 0 Å². The predicted molar refractivity (Wildman–Crippen MR) is 111 cm³/mol. The number of rotatable bonds is 7. The van der Waals surface area contributed by atoms with Gasteiger partial charge in [0.25, 0.3) is 11.8 Å². The number of morpholine rings is 1. The molecule has 0 spiro atoms. The van der Waals surface area contributed by atoms with Crippen molar-refractivity contribution in [2.45, 2.75) is 12.3 Å². The van der Waals surface area contributed by atoms with Crippen molar-refractivity contribution in [1.29, 1.82) is 0 Å². The molecule has 0 saturated carbocycles. The highest BCUT2D eigenvalue weighted by Crippen LogP contribution is 2.30. The van der Waals surface area contributed by atoms with E-state index in [2.05, 4.69) is 0 Å². The number of hydrogen-bond acceptors (Lipinski definition) is 4. The highest BCUT2D eigenvalue weighted by atomic mass is 19.4. The van der Waals surface area contributed by atoms with Crippen LogP contribution < -0.4 is 0 Å². The van der Waals surface area contributed by atoms with E-state index in [1.807, 2.05) is 0 Å². The first-order valence-electron chi connectivity index (χ1n) is 10.3. The lowest BCUT2D eigenvalue weighted by Gasteiger charge is -2.36. The fourth-order valence-corrected chi connectivity index (χ4v) is 3.52. The van der Waals surface area contributed by atoms with E-state index in [0.717, 1.165) is 12.1 Å². The first kappa shape index (κ1) is 24.7. The molecule has 2 aromatic rings. The molecule has 1 saturated heterocycles. The highest BCUT2D eigenvalue weighted by molar-refractivity contribution is 5.95. The van der Waals surface area contributed by atoms with Gasteiger partial charge < -0.3 is 19.3 Å². The van der Waals surface area contributed by atoms with Gasteiger partial charge in [-0.2, -0.15) is 13.2 Å². The summed E-state index contributed by atoms with van der Waals surface area (Å²) in [6.07, 6.45) is -5.10. The molecule has 2 amide bonds. The number of nitrogens with zero attached hydrogens (tertiary/aromatic N) is 2. The smallest absolute Gasteiger partial charge is 0.383 e. The maximum Gasteiger partial charge on any atom is 0.416 e. The number of ether oxygens (including phenoxy) is 2. The average molecular weight is 468 g/mol. The van der Waals surface area contributed by atoms with Crippen LogP contribution in [0.15, 0.2) is 48.5 Å². The summed E-state index contributed by atoms with van der Waals surface area (Å²) in [5.41, 5.74) is -0.668. The lowest BCUT2D eigenvalue weighted by Crippen LogP contribution is -2.51. The molecule has 0 bridgehead atoms. The fourth-order valence-electron chi connectivity index (χ4n) is 3.52. The molecule has 0 aliphatic carbocycles. The van der Waals surface area contributed by atoms with Gasteiger partial charge in [-0.1, -0.05) is 6.07 Å². The van der Waals surface area contributed by atoms with E-state index >= 15 is 0 Å². The van der Waals surface area contributed by atoms with Gasteiger partial charge in [-0.25, -0.2) is 4.39 Å². The number of carbonyl (C=O) groups is 2. The largest absolute Gasteiger partial charge is 0.416 e. The van der Waals surface area contributed by atoms with Crippen molar-refractivity contribution in [3.8, 4) is 0 Å². The van der Waals surface area contributed by atoms with Crippen molar-refractivity contribution < 1.29 is 36.6 Å². The molecule has 1 aliphatic rings. The minimum absolute atomic E-state index is 0.0656. The van der Waals surface area contributed by atoms with Crippen LogP contribution in [0.25, 0.3) is 0 Å². The molecule has 1 atom stereocenters. The van der Waals surface area contributed by atoms with E-state index in [9.17, 15) is 27.2 Å². The molecule has 0 radical (unpaired) electrons. The number of halogens is 4. The molecule has 33 heavy (non-hydrogen) atoms. The third-order valence-corrected chi connectivity index (χ3v) is 5.23. The number of methoxy groups -OCH3 is 1. The van der Waals surface area contributed by atoms with Crippen LogP contribution in [0, 0.1) is 5.82 Å². The van der Waals surface area contributed by atoms with Gasteiger partial charge in [0.2, 0.25) is 0 Å². The monoisotopic (exact) mass is 468 g/mol. The van der Waals surface area contributed by atoms with Gasteiger partial charge in [0.1, 0.15) is 5.82 Å². The van der Waals surface area contributed by atoms with Gasteiger partial charge in [-0.05, 0) is 42.5 Å². The quantitative estimate of drug-likeness (QED) is 0.584. The Morgan fingerprint density at radius 1 is 1.15 bits per heavy atom. The molecule has 10 heteroatoms. The Hall–Kier alpha value is -2.98. The van der Waals surface area contributed by atoms with Crippen LogP contribution in [-0.2, 0) is 15.7 Å². The summed E-state index contributed by atoms with van der Waals surface area (Å²) in [5, 5.41) is 0. The predicted octanol–water partition coefficient (Wildman–Crippen LogP) is 3.47. The maximum atomic E-state index is 13.2. The fraction of sp³-hybridized carbons (Fsp3) is 0.391. The normalized spacial score (nSPS) is 16.5. The number of alkyl halides is 3. The molecule has 1 fully saturated rings. The summed E-state index contributed by atoms with van der Waals surface area (Å²) in [7, 11) is 1.49. The van der Waals surface area contributed by atoms with E-state index in [0.29, 0.717) is 5.56 Å². The topological polar surface area (TPSA) is 59.1 Å². The van der Waals surface area contributed by atoms with E-state index in [4.69, 9.17) is 9.47 Å². The molecule has 0 aromatic heterocycles. The maximum absolute atomic E-state index is 13.2. The standard InChI is InChI=1S/C23H24F4N2O4/c1-32-11-9-28(21(30)16-5-7-19(24)8-6-16)14-20-15-29(10-12-33-20)22(31)17-3-2-4-18(13-17)23(25,26)27/h2-8,13,20H,9-12,14-15H2,1H3. The Balaban J connectivity index is 1.70. The molecular formula is C23H24F4N2O4. The minimum atomic E-state index is -4.55. The Kier molecular flexibility index (Phi) is 8.04. The summed E-state index contributed by atoms with van der Waals surface area (Å²) < 4.78 is 63.0. The first-order chi connectivity index (χ1) is 15.7. The minimum Gasteiger partial charge on any atom is -0.383 e. The van der Waals surface area contributed by atoms with Gasteiger partial charge in [0.15, 0.2) is 0 Å². The summed E-state index contributed by atoms with van der Waals surface area (Å²) in [6, 6.07) is 9.41. The Morgan fingerprint density at radius 2 is 1.88 bits per heavy atom.